The van der Waals surface area contributed by atoms with Crippen LogP contribution in [0.15, 0.2) is 18.2 Å². The first-order chi connectivity index (χ1) is 11.9. The molecule has 2 N–H and O–H groups in total. The van der Waals surface area contributed by atoms with Gasteiger partial charge >= 0.3 is 6.36 Å². The van der Waals surface area contributed by atoms with E-state index in [0.717, 1.165) is 31.5 Å². The van der Waals surface area contributed by atoms with Crippen molar-refractivity contribution in [3.8, 4) is 5.75 Å². The fraction of sp³-hybridized carbons (Fsp3) is 0.588. The smallest absolute Gasteiger partial charge is 0.405 e. The molecular formula is C17H21F3N2O3. The van der Waals surface area contributed by atoms with Gasteiger partial charge in [0.2, 0.25) is 0 Å². The highest BCUT2D eigenvalue weighted by atomic mass is 19.4. The number of piperidine rings is 1. The maximum Gasteiger partial charge on any atom is 0.573 e. The van der Waals surface area contributed by atoms with Gasteiger partial charge in [0.05, 0.1) is 18.2 Å². The van der Waals surface area contributed by atoms with Gasteiger partial charge in [0.1, 0.15) is 5.75 Å². The van der Waals surface area contributed by atoms with E-state index < -0.39 is 18.0 Å². The number of ether oxygens (including phenoxy) is 2. The van der Waals surface area contributed by atoms with Crippen LogP contribution in [0, 0.1) is 0 Å². The average Bonchev–Trinajstić information content (AvgIpc) is 3.07. The van der Waals surface area contributed by atoms with Gasteiger partial charge in [-0.1, -0.05) is 6.07 Å². The minimum Gasteiger partial charge on any atom is -0.405 e. The van der Waals surface area contributed by atoms with Crippen molar-refractivity contribution in [2.75, 3.05) is 26.3 Å². The largest absolute Gasteiger partial charge is 0.573 e. The summed E-state index contributed by atoms with van der Waals surface area (Å²) in [6.07, 6.45) is -2.51. The van der Waals surface area contributed by atoms with E-state index in [1.54, 1.807) is 6.07 Å². The Morgan fingerprint density at radius 2 is 2.00 bits per heavy atom. The maximum atomic E-state index is 12.8. The fourth-order valence-electron chi connectivity index (χ4n) is 3.26. The number of carbonyl (C=O) groups is 1. The molecule has 1 aromatic rings. The predicted octanol–water partition coefficient (Wildman–Crippen LogP) is 2.57. The van der Waals surface area contributed by atoms with Crippen molar-refractivity contribution in [2.45, 2.75) is 37.6 Å². The van der Waals surface area contributed by atoms with Crippen molar-refractivity contribution >= 4 is 5.91 Å². The zero-order valence-corrected chi connectivity index (χ0v) is 13.7. The summed E-state index contributed by atoms with van der Waals surface area (Å²) in [6, 6.07) is 4.31. The number of benzene rings is 1. The second-order valence-corrected chi connectivity index (χ2v) is 6.36. The standard InChI is InChI=1S/C17H21F3N2O3/c18-17(19,20)25-15-9-12(11-3-6-21-7-4-11)1-2-14(15)16(23)22-13-5-8-24-10-13/h1-2,9,11,13,21H,3-8,10H2,(H,22,23). The van der Waals surface area contributed by atoms with Crippen LogP contribution < -0.4 is 15.4 Å². The molecule has 1 atom stereocenters. The van der Waals surface area contributed by atoms with Crippen molar-refractivity contribution in [2.24, 2.45) is 0 Å². The van der Waals surface area contributed by atoms with Gasteiger partial charge in [0.25, 0.3) is 5.91 Å². The van der Waals surface area contributed by atoms with Crippen LogP contribution in [-0.2, 0) is 4.74 Å². The first-order valence-corrected chi connectivity index (χ1v) is 8.41. The third-order valence-corrected chi connectivity index (χ3v) is 4.55. The maximum absolute atomic E-state index is 12.8. The molecule has 2 aliphatic rings. The Labute approximate surface area is 143 Å². The van der Waals surface area contributed by atoms with E-state index in [4.69, 9.17) is 4.74 Å². The van der Waals surface area contributed by atoms with Crippen molar-refractivity contribution in [3.05, 3.63) is 29.3 Å². The van der Waals surface area contributed by atoms with Crippen LogP contribution in [0.3, 0.4) is 0 Å². The van der Waals surface area contributed by atoms with Gasteiger partial charge in [-0.05, 0) is 56.0 Å². The van der Waals surface area contributed by atoms with Gasteiger partial charge in [0.15, 0.2) is 0 Å². The molecule has 1 unspecified atom stereocenters. The molecule has 1 aromatic carbocycles. The quantitative estimate of drug-likeness (QED) is 0.869. The fourth-order valence-corrected chi connectivity index (χ4v) is 3.26. The van der Waals surface area contributed by atoms with E-state index in [0.29, 0.717) is 19.6 Å². The average molecular weight is 358 g/mol. The van der Waals surface area contributed by atoms with Crippen LogP contribution in [0.2, 0.25) is 0 Å². The van der Waals surface area contributed by atoms with E-state index in [2.05, 4.69) is 15.4 Å². The van der Waals surface area contributed by atoms with Crippen molar-refractivity contribution < 1.29 is 27.4 Å². The lowest BCUT2D eigenvalue weighted by molar-refractivity contribution is -0.274. The zero-order chi connectivity index (χ0) is 17.9. The van der Waals surface area contributed by atoms with Gasteiger partial charge in [-0.25, -0.2) is 0 Å². The summed E-state index contributed by atoms with van der Waals surface area (Å²) in [5.74, 6) is -0.858. The number of hydrogen-bond acceptors (Lipinski definition) is 4. The van der Waals surface area contributed by atoms with Crippen LogP contribution in [0.1, 0.15) is 41.1 Å². The summed E-state index contributed by atoms with van der Waals surface area (Å²) in [4.78, 5) is 12.4. The molecule has 5 nitrogen and oxygen atoms in total. The molecule has 25 heavy (non-hydrogen) atoms. The molecule has 8 heteroatoms. The number of alkyl halides is 3. The Bertz CT molecular complexity index is 610. The molecule has 0 aromatic heterocycles. The van der Waals surface area contributed by atoms with Gasteiger partial charge in [-0.15, -0.1) is 13.2 Å². The summed E-state index contributed by atoms with van der Waals surface area (Å²) in [7, 11) is 0. The molecule has 2 fully saturated rings. The number of carbonyl (C=O) groups excluding carboxylic acids is 1. The van der Waals surface area contributed by atoms with E-state index >= 15 is 0 Å². The Balaban J connectivity index is 1.83. The summed E-state index contributed by atoms with van der Waals surface area (Å²) in [5, 5.41) is 5.92. The molecule has 2 saturated heterocycles. The predicted molar refractivity (Wildman–Crippen MR) is 84.7 cm³/mol. The lowest BCUT2D eigenvalue weighted by atomic mass is 9.89. The Hall–Kier alpha value is -1.80. The number of nitrogens with one attached hydrogen (secondary N) is 2. The normalized spacial score (nSPS) is 22.0. The molecule has 2 heterocycles. The number of hydrogen-bond donors (Lipinski definition) is 2. The van der Waals surface area contributed by atoms with Crippen molar-refractivity contribution in [1.82, 2.24) is 10.6 Å². The lowest BCUT2D eigenvalue weighted by Gasteiger charge is -2.24. The molecular weight excluding hydrogens is 337 g/mol. The van der Waals surface area contributed by atoms with Gasteiger partial charge in [-0.2, -0.15) is 0 Å². The van der Waals surface area contributed by atoms with Crippen LogP contribution in [0.25, 0.3) is 0 Å². The van der Waals surface area contributed by atoms with E-state index in [9.17, 15) is 18.0 Å². The number of halogens is 3. The zero-order valence-electron chi connectivity index (χ0n) is 13.7. The Kier molecular flexibility index (Phi) is 5.48. The lowest BCUT2D eigenvalue weighted by Crippen LogP contribution is -2.35. The van der Waals surface area contributed by atoms with Gasteiger partial charge in [-0.3, -0.25) is 4.79 Å². The number of rotatable bonds is 4. The van der Waals surface area contributed by atoms with Crippen molar-refractivity contribution in [1.29, 1.82) is 0 Å². The molecule has 0 saturated carbocycles. The van der Waals surface area contributed by atoms with E-state index in [1.807, 2.05) is 0 Å². The number of amides is 1. The monoisotopic (exact) mass is 358 g/mol. The van der Waals surface area contributed by atoms with Crippen molar-refractivity contribution in [3.63, 3.8) is 0 Å². The molecule has 0 bridgehead atoms. The Morgan fingerprint density at radius 1 is 1.24 bits per heavy atom. The molecule has 0 radical (unpaired) electrons. The first-order valence-electron chi connectivity index (χ1n) is 8.41. The topological polar surface area (TPSA) is 59.6 Å². The van der Waals surface area contributed by atoms with Crippen LogP contribution in [0.5, 0.6) is 5.75 Å². The van der Waals surface area contributed by atoms with E-state index in [-0.39, 0.29) is 17.5 Å². The summed E-state index contributed by atoms with van der Waals surface area (Å²) < 4.78 is 47.7. The molecule has 0 aliphatic carbocycles. The van der Waals surface area contributed by atoms with E-state index in [1.165, 1.54) is 12.1 Å². The van der Waals surface area contributed by atoms with Crippen LogP contribution in [0.4, 0.5) is 13.2 Å². The second-order valence-electron chi connectivity index (χ2n) is 6.36. The third-order valence-electron chi connectivity index (χ3n) is 4.55. The van der Waals surface area contributed by atoms with Crippen LogP contribution >= 0.6 is 0 Å². The van der Waals surface area contributed by atoms with Gasteiger partial charge < -0.3 is 20.1 Å². The highest BCUT2D eigenvalue weighted by molar-refractivity contribution is 5.97. The minimum absolute atomic E-state index is 0.109. The summed E-state index contributed by atoms with van der Waals surface area (Å²) in [5.41, 5.74) is 0.656. The first kappa shape index (κ1) is 18.0. The highest BCUT2D eigenvalue weighted by Gasteiger charge is 2.34. The molecule has 2 aliphatic heterocycles. The van der Waals surface area contributed by atoms with Gasteiger partial charge in [0, 0.05) is 6.61 Å². The highest BCUT2D eigenvalue weighted by Crippen LogP contribution is 2.33. The third kappa shape index (κ3) is 4.85. The summed E-state index contributed by atoms with van der Waals surface area (Å²) >= 11 is 0. The molecule has 0 spiro atoms. The second kappa shape index (κ2) is 7.61. The molecule has 138 valence electrons. The Morgan fingerprint density at radius 3 is 2.64 bits per heavy atom. The van der Waals surface area contributed by atoms with Crippen LogP contribution in [-0.4, -0.2) is 44.6 Å². The summed E-state index contributed by atoms with van der Waals surface area (Å²) in [6.45, 7) is 2.55. The molecule has 1 amide bonds. The minimum atomic E-state index is -4.85. The molecule has 3 rings (SSSR count). The SMILES string of the molecule is O=C(NC1CCOC1)c1ccc(C2CCNCC2)cc1OC(F)(F)F.